The normalized spacial score (nSPS) is 25.4. The topological polar surface area (TPSA) is 86.5 Å². The minimum atomic E-state index is -0.126. The average Bonchev–Trinajstić information content (AvgIpc) is 3.26. The van der Waals surface area contributed by atoms with Gasteiger partial charge in [-0.2, -0.15) is 9.50 Å². The van der Waals surface area contributed by atoms with Crippen molar-refractivity contribution < 1.29 is 5.11 Å². The second-order valence-electron chi connectivity index (χ2n) is 7.65. The lowest BCUT2D eigenvalue weighted by Crippen LogP contribution is -2.45. The van der Waals surface area contributed by atoms with Crippen LogP contribution < -0.4 is 5.56 Å². The second-order valence-corrected chi connectivity index (χ2v) is 7.65. The van der Waals surface area contributed by atoms with Gasteiger partial charge in [0.2, 0.25) is 0 Å². The summed E-state index contributed by atoms with van der Waals surface area (Å²) in [6.07, 6.45) is 5.96. The van der Waals surface area contributed by atoms with E-state index in [9.17, 15) is 9.90 Å². The first kappa shape index (κ1) is 15.8. The molecule has 7 nitrogen and oxygen atoms in total. The fourth-order valence-electron chi connectivity index (χ4n) is 4.08. The summed E-state index contributed by atoms with van der Waals surface area (Å²) in [4.78, 5) is 23.3. The molecule has 2 aromatic heterocycles. The average molecular weight is 331 g/mol. The van der Waals surface area contributed by atoms with E-state index in [1.807, 2.05) is 6.92 Å². The van der Waals surface area contributed by atoms with E-state index in [1.165, 1.54) is 17.4 Å². The Labute approximate surface area is 140 Å². The SMILES string of the molecule is Cc1nc2nc(CN3CCCC(CO)(CC4CC4)C3)cc(=O)n2[nH]1. The first-order valence-electron chi connectivity index (χ1n) is 8.85. The number of hydrogen-bond donors (Lipinski definition) is 2. The Morgan fingerprint density at radius 2 is 2.25 bits per heavy atom. The van der Waals surface area contributed by atoms with E-state index in [0.29, 0.717) is 18.1 Å². The summed E-state index contributed by atoms with van der Waals surface area (Å²) < 4.78 is 1.38. The van der Waals surface area contributed by atoms with E-state index in [2.05, 4.69) is 20.0 Å². The predicted molar refractivity (Wildman–Crippen MR) is 89.7 cm³/mol. The van der Waals surface area contributed by atoms with Crippen molar-refractivity contribution in [2.75, 3.05) is 19.7 Å². The Bertz CT molecular complexity index is 794. The molecule has 2 aromatic rings. The van der Waals surface area contributed by atoms with Crippen LogP contribution in [0.2, 0.25) is 0 Å². The highest BCUT2D eigenvalue weighted by Gasteiger charge is 2.39. The van der Waals surface area contributed by atoms with Crippen molar-refractivity contribution in [1.29, 1.82) is 0 Å². The van der Waals surface area contributed by atoms with Crippen molar-refractivity contribution in [3.05, 3.63) is 27.9 Å². The molecule has 2 aliphatic rings. The van der Waals surface area contributed by atoms with Crippen LogP contribution in [0.1, 0.15) is 43.6 Å². The number of aromatic nitrogens is 4. The van der Waals surface area contributed by atoms with E-state index in [1.54, 1.807) is 6.07 Å². The highest BCUT2D eigenvalue weighted by Crippen LogP contribution is 2.44. The molecule has 1 atom stereocenters. The number of hydrogen-bond acceptors (Lipinski definition) is 5. The van der Waals surface area contributed by atoms with Gasteiger partial charge in [-0.05, 0) is 38.6 Å². The summed E-state index contributed by atoms with van der Waals surface area (Å²) in [6.45, 7) is 4.59. The summed E-state index contributed by atoms with van der Waals surface area (Å²) in [5.74, 6) is 1.92. The number of aliphatic hydroxyl groups is 1. The van der Waals surface area contributed by atoms with Crippen molar-refractivity contribution in [2.45, 2.75) is 45.6 Å². The smallest absolute Gasteiger partial charge is 0.274 e. The van der Waals surface area contributed by atoms with Gasteiger partial charge in [0.15, 0.2) is 0 Å². The number of aryl methyl sites for hydroxylation is 1. The quantitative estimate of drug-likeness (QED) is 0.857. The molecule has 1 saturated heterocycles. The summed E-state index contributed by atoms with van der Waals surface area (Å²) in [6, 6.07) is 1.58. The monoisotopic (exact) mass is 331 g/mol. The van der Waals surface area contributed by atoms with Crippen LogP contribution in [0.4, 0.5) is 0 Å². The molecule has 0 spiro atoms. The van der Waals surface area contributed by atoms with Crippen molar-refractivity contribution in [2.24, 2.45) is 11.3 Å². The fraction of sp³-hybridized carbons (Fsp3) is 0.706. The maximum absolute atomic E-state index is 12.2. The van der Waals surface area contributed by atoms with Gasteiger partial charge in [-0.3, -0.25) is 14.8 Å². The van der Waals surface area contributed by atoms with Crippen LogP contribution >= 0.6 is 0 Å². The van der Waals surface area contributed by atoms with E-state index < -0.39 is 0 Å². The van der Waals surface area contributed by atoms with Gasteiger partial charge in [-0.1, -0.05) is 12.8 Å². The molecule has 4 rings (SSSR count). The molecule has 0 radical (unpaired) electrons. The first-order valence-corrected chi connectivity index (χ1v) is 8.85. The molecule has 0 bridgehead atoms. The molecule has 0 amide bonds. The number of aliphatic hydroxyl groups excluding tert-OH is 1. The molecule has 130 valence electrons. The van der Waals surface area contributed by atoms with Gasteiger partial charge in [0.1, 0.15) is 5.82 Å². The highest BCUT2D eigenvalue weighted by molar-refractivity contribution is 5.27. The highest BCUT2D eigenvalue weighted by atomic mass is 16.3. The molecule has 0 aromatic carbocycles. The van der Waals surface area contributed by atoms with E-state index in [0.717, 1.165) is 44.0 Å². The third-order valence-corrected chi connectivity index (χ3v) is 5.38. The number of aromatic amines is 1. The van der Waals surface area contributed by atoms with Crippen LogP contribution in [0.5, 0.6) is 0 Å². The summed E-state index contributed by atoms with van der Waals surface area (Å²) in [5.41, 5.74) is 0.660. The maximum atomic E-state index is 12.2. The van der Waals surface area contributed by atoms with Crippen molar-refractivity contribution in [3.8, 4) is 0 Å². The van der Waals surface area contributed by atoms with Crippen LogP contribution in [0, 0.1) is 18.3 Å². The van der Waals surface area contributed by atoms with Gasteiger partial charge in [-0.25, -0.2) is 4.98 Å². The molecule has 3 heterocycles. The second kappa shape index (κ2) is 5.97. The minimum Gasteiger partial charge on any atom is -0.396 e. The van der Waals surface area contributed by atoms with Crippen LogP contribution in [0.25, 0.3) is 5.78 Å². The molecular formula is C17H25N5O2. The number of fused-ring (bicyclic) bond motifs is 1. The number of nitrogens with one attached hydrogen (secondary N) is 1. The summed E-state index contributed by atoms with van der Waals surface area (Å²) in [7, 11) is 0. The lowest BCUT2D eigenvalue weighted by atomic mass is 9.76. The summed E-state index contributed by atoms with van der Waals surface area (Å²) in [5, 5.41) is 12.9. The molecular weight excluding hydrogens is 306 g/mol. The van der Waals surface area contributed by atoms with Gasteiger partial charge >= 0.3 is 0 Å². The van der Waals surface area contributed by atoms with Gasteiger partial charge < -0.3 is 5.11 Å². The Hall–Kier alpha value is -1.73. The first-order chi connectivity index (χ1) is 11.6. The number of nitrogens with zero attached hydrogens (tertiary/aromatic N) is 4. The Balaban J connectivity index is 1.52. The number of H-pyrrole nitrogens is 1. The minimum absolute atomic E-state index is 0.0293. The number of likely N-dealkylation sites (tertiary alicyclic amines) is 1. The van der Waals surface area contributed by atoms with Crippen LogP contribution in [-0.4, -0.2) is 49.3 Å². The zero-order chi connectivity index (χ0) is 16.7. The lowest BCUT2D eigenvalue weighted by molar-refractivity contribution is 0.0175. The largest absolute Gasteiger partial charge is 0.396 e. The van der Waals surface area contributed by atoms with Gasteiger partial charge in [0, 0.05) is 31.2 Å². The molecule has 1 aliphatic carbocycles. The van der Waals surface area contributed by atoms with E-state index in [4.69, 9.17) is 0 Å². The Kier molecular flexibility index (Phi) is 3.92. The maximum Gasteiger partial charge on any atom is 0.274 e. The van der Waals surface area contributed by atoms with Crippen LogP contribution in [0.15, 0.2) is 10.9 Å². The van der Waals surface area contributed by atoms with E-state index >= 15 is 0 Å². The molecule has 1 aliphatic heterocycles. The molecule has 2 N–H and O–H groups in total. The zero-order valence-electron chi connectivity index (χ0n) is 14.2. The number of rotatable bonds is 5. The third kappa shape index (κ3) is 3.10. The third-order valence-electron chi connectivity index (χ3n) is 5.38. The van der Waals surface area contributed by atoms with Crippen molar-refractivity contribution in [3.63, 3.8) is 0 Å². The van der Waals surface area contributed by atoms with Gasteiger partial charge in [0.25, 0.3) is 11.3 Å². The molecule has 1 unspecified atom stereocenters. The molecule has 2 fully saturated rings. The van der Waals surface area contributed by atoms with Crippen LogP contribution in [-0.2, 0) is 6.54 Å². The standard InChI is InChI=1S/C17H25N5O2/c1-12-18-16-19-14(7-15(24)22(16)20-12)9-21-6-2-5-17(10-21,11-23)8-13-3-4-13/h7,13,23H,2-6,8-11H2,1H3,(H,18,19,20). The molecule has 24 heavy (non-hydrogen) atoms. The fourth-order valence-corrected chi connectivity index (χ4v) is 4.08. The summed E-state index contributed by atoms with van der Waals surface area (Å²) >= 11 is 0. The Morgan fingerprint density at radius 1 is 1.42 bits per heavy atom. The molecule has 7 heteroatoms. The Morgan fingerprint density at radius 3 is 3.00 bits per heavy atom. The van der Waals surface area contributed by atoms with Crippen molar-refractivity contribution >= 4 is 5.78 Å². The lowest BCUT2D eigenvalue weighted by Gasteiger charge is -2.42. The van der Waals surface area contributed by atoms with Crippen LogP contribution in [0.3, 0.4) is 0 Å². The number of piperidine rings is 1. The zero-order valence-corrected chi connectivity index (χ0v) is 14.2. The molecule has 1 saturated carbocycles. The van der Waals surface area contributed by atoms with Gasteiger partial charge in [-0.15, -0.1) is 0 Å². The van der Waals surface area contributed by atoms with Gasteiger partial charge in [0.05, 0.1) is 5.69 Å². The predicted octanol–water partition coefficient (Wildman–Crippen LogP) is 1.10. The van der Waals surface area contributed by atoms with E-state index in [-0.39, 0.29) is 17.6 Å². The van der Waals surface area contributed by atoms with Crippen molar-refractivity contribution in [1.82, 2.24) is 24.5 Å².